The zero-order valence-corrected chi connectivity index (χ0v) is 20.0. The van der Waals surface area contributed by atoms with Gasteiger partial charge in [-0.15, -0.1) is 11.8 Å². The van der Waals surface area contributed by atoms with Crippen LogP contribution in [0.25, 0.3) is 11.0 Å². The highest BCUT2D eigenvalue weighted by Gasteiger charge is 2.24. The van der Waals surface area contributed by atoms with Crippen LogP contribution < -0.4 is 4.74 Å². The molecule has 2 heterocycles. The van der Waals surface area contributed by atoms with Crippen LogP contribution in [-0.4, -0.2) is 29.9 Å². The second-order valence-corrected chi connectivity index (χ2v) is 10.5. The van der Waals surface area contributed by atoms with E-state index in [-0.39, 0.29) is 5.41 Å². The molecule has 1 fully saturated rings. The smallest absolute Gasteiger partial charge is 0.118 e. The van der Waals surface area contributed by atoms with E-state index in [2.05, 4.69) is 55.7 Å². The second kappa shape index (κ2) is 9.66. The molecule has 5 heteroatoms. The summed E-state index contributed by atoms with van der Waals surface area (Å²) in [5, 5.41) is 0. The van der Waals surface area contributed by atoms with Gasteiger partial charge in [0.2, 0.25) is 0 Å². The zero-order valence-electron chi connectivity index (χ0n) is 19.2. The zero-order chi connectivity index (χ0) is 21.8. The average Bonchev–Trinajstić information content (AvgIpc) is 3.16. The van der Waals surface area contributed by atoms with E-state index >= 15 is 0 Å². The van der Waals surface area contributed by atoms with E-state index in [1.807, 2.05) is 23.9 Å². The number of aromatic nitrogens is 2. The predicted octanol–water partition coefficient (Wildman–Crippen LogP) is 6.45. The predicted molar refractivity (Wildman–Crippen MR) is 129 cm³/mol. The van der Waals surface area contributed by atoms with E-state index in [0.717, 1.165) is 42.7 Å². The van der Waals surface area contributed by atoms with E-state index in [1.54, 1.807) is 7.11 Å². The number of methoxy groups -OCH3 is 1. The van der Waals surface area contributed by atoms with Crippen molar-refractivity contribution in [2.75, 3.05) is 20.3 Å². The Hall–Kier alpha value is -1.98. The van der Waals surface area contributed by atoms with E-state index in [4.69, 9.17) is 14.5 Å². The highest BCUT2D eigenvalue weighted by Crippen LogP contribution is 2.32. The van der Waals surface area contributed by atoms with E-state index in [1.165, 1.54) is 41.1 Å². The number of hydrogen-bond donors (Lipinski definition) is 0. The van der Waals surface area contributed by atoms with Gasteiger partial charge >= 0.3 is 0 Å². The quantitative estimate of drug-likeness (QED) is 0.397. The van der Waals surface area contributed by atoms with Crippen molar-refractivity contribution >= 4 is 22.8 Å². The lowest BCUT2D eigenvalue weighted by molar-refractivity contribution is 0.0625. The largest absolute Gasteiger partial charge is 0.497 e. The molecular weight excluding hydrogens is 404 g/mol. The van der Waals surface area contributed by atoms with Crippen molar-refractivity contribution in [3.05, 3.63) is 53.9 Å². The Bertz CT molecular complexity index is 999. The summed E-state index contributed by atoms with van der Waals surface area (Å²) in [6.07, 6.45) is 3.57. The van der Waals surface area contributed by atoms with E-state index in [9.17, 15) is 0 Å². The molecule has 1 aliphatic heterocycles. The molecule has 1 saturated heterocycles. The molecule has 0 N–H and O–H groups in total. The van der Waals surface area contributed by atoms with Gasteiger partial charge in [-0.05, 0) is 61.1 Å². The number of rotatable bonds is 7. The standard InChI is InChI=1S/C26H34N2O2S/c1-26(2,3)25-27-23-17-22(31-18-20-5-7-21(29-4)8-6-20)9-10-24(23)28(25)14-11-19-12-15-30-16-13-19/h5-10,17,19H,11-16,18H2,1-4H3. The molecule has 4 nitrogen and oxygen atoms in total. The fourth-order valence-electron chi connectivity index (χ4n) is 4.23. The monoisotopic (exact) mass is 438 g/mol. The molecule has 0 spiro atoms. The van der Waals surface area contributed by atoms with Crippen LogP contribution in [0.3, 0.4) is 0 Å². The molecule has 166 valence electrons. The summed E-state index contributed by atoms with van der Waals surface area (Å²) in [6.45, 7) is 9.65. The number of fused-ring (bicyclic) bond motifs is 1. The minimum absolute atomic E-state index is 0.0189. The summed E-state index contributed by atoms with van der Waals surface area (Å²) in [5.41, 5.74) is 3.68. The molecule has 3 aromatic rings. The Morgan fingerprint density at radius 1 is 1.10 bits per heavy atom. The van der Waals surface area contributed by atoms with Gasteiger partial charge in [-0.25, -0.2) is 4.98 Å². The Morgan fingerprint density at radius 3 is 2.52 bits per heavy atom. The van der Waals surface area contributed by atoms with Crippen LogP contribution in [0, 0.1) is 5.92 Å². The molecule has 0 aliphatic carbocycles. The number of aryl methyl sites for hydroxylation is 1. The third-order valence-electron chi connectivity index (χ3n) is 6.06. The number of thioether (sulfide) groups is 1. The van der Waals surface area contributed by atoms with Crippen LogP contribution in [-0.2, 0) is 22.4 Å². The second-order valence-electron chi connectivity index (χ2n) is 9.47. The number of imidazole rings is 1. The minimum Gasteiger partial charge on any atom is -0.497 e. The maximum Gasteiger partial charge on any atom is 0.118 e. The highest BCUT2D eigenvalue weighted by molar-refractivity contribution is 7.98. The van der Waals surface area contributed by atoms with Crippen molar-refractivity contribution in [2.45, 2.75) is 62.6 Å². The van der Waals surface area contributed by atoms with Crippen molar-refractivity contribution in [3.63, 3.8) is 0 Å². The first-order valence-electron chi connectivity index (χ1n) is 11.3. The molecule has 0 radical (unpaired) electrons. The van der Waals surface area contributed by atoms with Crippen LogP contribution >= 0.6 is 11.8 Å². The van der Waals surface area contributed by atoms with Gasteiger partial charge in [0.1, 0.15) is 11.6 Å². The Morgan fingerprint density at radius 2 is 1.84 bits per heavy atom. The molecular formula is C26H34N2O2S. The fourth-order valence-corrected chi connectivity index (χ4v) is 5.12. The van der Waals surface area contributed by atoms with Gasteiger partial charge in [-0.1, -0.05) is 32.9 Å². The summed E-state index contributed by atoms with van der Waals surface area (Å²) in [6, 6.07) is 15.1. The van der Waals surface area contributed by atoms with E-state index in [0.29, 0.717) is 0 Å². The normalized spacial score (nSPS) is 15.5. The maximum absolute atomic E-state index is 5.54. The summed E-state index contributed by atoms with van der Waals surface area (Å²) in [5.74, 6) is 3.79. The van der Waals surface area contributed by atoms with Gasteiger partial charge in [0.05, 0.1) is 18.1 Å². The lowest BCUT2D eigenvalue weighted by atomic mass is 9.94. The summed E-state index contributed by atoms with van der Waals surface area (Å²) in [4.78, 5) is 6.36. The molecule has 0 saturated carbocycles. The van der Waals surface area contributed by atoms with Crippen LogP contribution in [0.4, 0.5) is 0 Å². The molecule has 0 bridgehead atoms. The first-order chi connectivity index (χ1) is 14.9. The fraction of sp³-hybridized carbons (Fsp3) is 0.500. The van der Waals surface area contributed by atoms with Crippen LogP contribution in [0.5, 0.6) is 5.75 Å². The van der Waals surface area contributed by atoms with Gasteiger partial charge in [0.15, 0.2) is 0 Å². The number of nitrogens with zero attached hydrogens (tertiary/aromatic N) is 2. The number of ether oxygens (including phenoxy) is 2. The Labute approximate surface area is 190 Å². The minimum atomic E-state index is 0.0189. The van der Waals surface area contributed by atoms with Crippen molar-refractivity contribution in [1.82, 2.24) is 9.55 Å². The van der Waals surface area contributed by atoms with Crippen molar-refractivity contribution in [1.29, 1.82) is 0 Å². The molecule has 1 aromatic heterocycles. The lowest BCUT2D eigenvalue weighted by Gasteiger charge is -2.24. The molecule has 2 aromatic carbocycles. The van der Waals surface area contributed by atoms with Crippen molar-refractivity contribution < 1.29 is 9.47 Å². The van der Waals surface area contributed by atoms with Crippen molar-refractivity contribution in [3.8, 4) is 5.75 Å². The van der Waals surface area contributed by atoms with Crippen molar-refractivity contribution in [2.24, 2.45) is 5.92 Å². The summed E-state index contributed by atoms with van der Waals surface area (Å²) in [7, 11) is 1.70. The lowest BCUT2D eigenvalue weighted by Crippen LogP contribution is -2.21. The molecule has 0 atom stereocenters. The molecule has 1 aliphatic rings. The third kappa shape index (κ3) is 5.45. The van der Waals surface area contributed by atoms with Gasteiger partial charge in [-0.2, -0.15) is 0 Å². The maximum atomic E-state index is 5.54. The van der Waals surface area contributed by atoms with Gasteiger partial charge in [0, 0.05) is 35.8 Å². The first kappa shape index (κ1) is 22.2. The van der Waals surface area contributed by atoms with Crippen LogP contribution in [0.15, 0.2) is 47.4 Å². The number of benzene rings is 2. The summed E-state index contributed by atoms with van der Waals surface area (Å²) >= 11 is 1.86. The third-order valence-corrected chi connectivity index (χ3v) is 7.12. The average molecular weight is 439 g/mol. The first-order valence-corrected chi connectivity index (χ1v) is 12.3. The SMILES string of the molecule is COc1ccc(CSc2ccc3c(c2)nc(C(C)(C)C)n3CCC2CCOCC2)cc1. The van der Waals surface area contributed by atoms with Gasteiger partial charge in [-0.3, -0.25) is 0 Å². The van der Waals surface area contributed by atoms with Gasteiger partial charge in [0.25, 0.3) is 0 Å². The topological polar surface area (TPSA) is 36.3 Å². The van der Waals surface area contributed by atoms with Crippen LogP contribution in [0.2, 0.25) is 0 Å². The summed E-state index contributed by atoms with van der Waals surface area (Å²) < 4.78 is 13.3. The van der Waals surface area contributed by atoms with Crippen LogP contribution in [0.1, 0.15) is 51.4 Å². The van der Waals surface area contributed by atoms with E-state index < -0.39 is 0 Å². The number of hydrogen-bond acceptors (Lipinski definition) is 4. The highest BCUT2D eigenvalue weighted by atomic mass is 32.2. The molecule has 4 rings (SSSR count). The Kier molecular flexibility index (Phi) is 6.92. The Balaban J connectivity index is 1.52. The van der Waals surface area contributed by atoms with Gasteiger partial charge < -0.3 is 14.0 Å². The molecule has 0 amide bonds. The molecule has 31 heavy (non-hydrogen) atoms. The molecule has 0 unspecified atom stereocenters.